The normalized spacial score (nSPS) is 21.8. The number of amides is 2. The lowest BCUT2D eigenvalue weighted by molar-refractivity contribution is -0.154. The van der Waals surface area contributed by atoms with Gasteiger partial charge in [0, 0.05) is 32.6 Å². The van der Waals surface area contributed by atoms with Gasteiger partial charge in [0.1, 0.15) is 0 Å². The molecule has 5 nitrogen and oxygen atoms in total. The molecule has 0 spiro atoms. The van der Waals surface area contributed by atoms with Gasteiger partial charge in [0.2, 0.25) is 11.8 Å². The molecule has 1 aromatic carbocycles. The molecule has 0 unspecified atom stereocenters. The van der Waals surface area contributed by atoms with Gasteiger partial charge in [-0.2, -0.15) is 0 Å². The van der Waals surface area contributed by atoms with Crippen molar-refractivity contribution in [3.63, 3.8) is 0 Å². The predicted molar refractivity (Wildman–Crippen MR) is 91.3 cm³/mol. The second-order valence-electron chi connectivity index (χ2n) is 6.77. The van der Waals surface area contributed by atoms with E-state index in [0.717, 1.165) is 0 Å². The van der Waals surface area contributed by atoms with Gasteiger partial charge in [-0.1, -0.05) is 24.3 Å². The summed E-state index contributed by atoms with van der Waals surface area (Å²) in [5, 5.41) is 0. The number of likely N-dealkylation sites (tertiary alicyclic amines) is 2. The lowest BCUT2D eigenvalue weighted by Gasteiger charge is -2.42. The second-order valence-corrected chi connectivity index (χ2v) is 6.77. The number of rotatable bonds is 5. The van der Waals surface area contributed by atoms with Gasteiger partial charge in [-0.3, -0.25) is 9.59 Å². The van der Waals surface area contributed by atoms with Crippen molar-refractivity contribution in [2.45, 2.75) is 39.4 Å². The van der Waals surface area contributed by atoms with E-state index >= 15 is 0 Å². The van der Waals surface area contributed by atoms with Crippen molar-refractivity contribution >= 4 is 11.8 Å². The first-order chi connectivity index (χ1) is 11.6. The third-order valence-corrected chi connectivity index (χ3v) is 5.13. The number of carbonyl (C=O) groups excluding carboxylic acids is 2. The highest BCUT2D eigenvalue weighted by molar-refractivity contribution is 5.84. The van der Waals surface area contributed by atoms with Gasteiger partial charge in [0.05, 0.1) is 18.6 Å². The fourth-order valence-corrected chi connectivity index (χ4v) is 3.38. The summed E-state index contributed by atoms with van der Waals surface area (Å²) in [5.41, 5.74) is 2.43. The number of ether oxygens (including phenoxy) is 1. The first kappa shape index (κ1) is 17.0. The van der Waals surface area contributed by atoms with Crippen molar-refractivity contribution in [3.8, 4) is 0 Å². The summed E-state index contributed by atoms with van der Waals surface area (Å²) in [6, 6.07) is 8.21. The standard InChI is InChI=1S/C19H26N2O3/c1-3-20-10-15(8-9-18(20)22)19(23)21-11-17(12-21)24-13-16-7-5-4-6-14(16)2/h4-7,15,17H,3,8-13H2,1-2H3/t15-/m1/s1. The molecule has 0 bridgehead atoms. The SMILES string of the molecule is CCN1C[C@H](C(=O)N2CC(OCc3ccccc3C)C2)CCC1=O. The monoisotopic (exact) mass is 330 g/mol. The molecule has 5 heteroatoms. The number of hydrogen-bond donors (Lipinski definition) is 0. The Balaban J connectivity index is 1.44. The highest BCUT2D eigenvalue weighted by atomic mass is 16.5. The molecule has 2 fully saturated rings. The van der Waals surface area contributed by atoms with E-state index in [4.69, 9.17) is 4.74 Å². The van der Waals surface area contributed by atoms with E-state index < -0.39 is 0 Å². The van der Waals surface area contributed by atoms with E-state index in [1.807, 2.05) is 24.0 Å². The summed E-state index contributed by atoms with van der Waals surface area (Å²) in [6.45, 7) is 7.23. The zero-order valence-corrected chi connectivity index (χ0v) is 14.5. The largest absolute Gasteiger partial charge is 0.370 e. The Morgan fingerprint density at radius 2 is 2.00 bits per heavy atom. The Morgan fingerprint density at radius 3 is 2.71 bits per heavy atom. The second kappa shape index (κ2) is 7.34. The molecule has 2 aliphatic rings. The summed E-state index contributed by atoms with van der Waals surface area (Å²) in [4.78, 5) is 27.9. The van der Waals surface area contributed by atoms with E-state index in [1.165, 1.54) is 11.1 Å². The van der Waals surface area contributed by atoms with E-state index in [-0.39, 0.29) is 23.8 Å². The summed E-state index contributed by atoms with van der Waals surface area (Å²) >= 11 is 0. The van der Waals surface area contributed by atoms with Crippen LogP contribution in [0.4, 0.5) is 0 Å². The molecule has 0 N–H and O–H groups in total. The van der Waals surface area contributed by atoms with Gasteiger partial charge in [-0.25, -0.2) is 0 Å². The van der Waals surface area contributed by atoms with E-state index in [9.17, 15) is 9.59 Å². The Hall–Kier alpha value is -1.88. The first-order valence-corrected chi connectivity index (χ1v) is 8.81. The zero-order valence-electron chi connectivity index (χ0n) is 14.5. The minimum atomic E-state index is -0.0417. The molecule has 2 saturated heterocycles. The van der Waals surface area contributed by atoms with E-state index in [1.54, 1.807) is 4.90 Å². The Bertz CT molecular complexity index is 610. The van der Waals surface area contributed by atoms with Gasteiger partial charge in [0.25, 0.3) is 0 Å². The molecule has 0 aromatic heterocycles. The van der Waals surface area contributed by atoms with Crippen LogP contribution < -0.4 is 0 Å². The van der Waals surface area contributed by atoms with Gasteiger partial charge in [-0.15, -0.1) is 0 Å². The average Bonchev–Trinajstić information content (AvgIpc) is 2.55. The molecular weight excluding hydrogens is 304 g/mol. The third-order valence-electron chi connectivity index (χ3n) is 5.13. The smallest absolute Gasteiger partial charge is 0.227 e. The zero-order chi connectivity index (χ0) is 17.1. The van der Waals surface area contributed by atoms with Crippen LogP contribution in [0.25, 0.3) is 0 Å². The summed E-state index contributed by atoms with van der Waals surface area (Å²) in [6.07, 6.45) is 1.30. The highest BCUT2D eigenvalue weighted by Crippen LogP contribution is 2.23. The van der Waals surface area contributed by atoms with Crippen LogP contribution in [0.1, 0.15) is 30.9 Å². The molecule has 1 atom stereocenters. The van der Waals surface area contributed by atoms with Crippen LogP contribution in [-0.2, 0) is 20.9 Å². The fraction of sp³-hybridized carbons (Fsp3) is 0.579. The number of carbonyl (C=O) groups is 2. The van der Waals surface area contributed by atoms with Crippen LogP contribution in [0.5, 0.6) is 0 Å². The summed E-state index contributed by atoms with van der Waals surface area (Å²) in [7, 11) is 0. The lowest BCUT2D eigenvalue weighted by atomic mass is 9.94. The van der Waals surface area contributed by atoms with Crippen LogP contribution in [0.15, 0.2) is 24.3 Å². The first-order valence-electron chi connectivity index (χ1n) is 8.81. The number of piperidine rings is 1. The van der Waals surface area contributed by atoms with Gasteiger partial charge in [-0.05, 0) is 31.4 Å². The molecule has 2 amide bonds. The Morgan fingerprint density at radius 1 is 1.25 bits per heavy atom. The summed E-state index contributed by atoms with van der Waals surface area (Å²) < 4.78 is 5.91. The molecule has 3 rings (SSSR count). The quantitative estimate of drug-likeness (QED) is 0.829. The minimum Gasteiger partial charge on any atom is -0.370 e. The van der Waals surface area contributed by atoms with E-state index in [2.05, 4.69) is 19.1 Å². The van der Waals surface area contributed by atoms with Crippen molar-refractivity contribution in [2.24, 2.45) is 5.92 Å². The van der Waals surface area contributed by atoms with Gasteiger partial charge in [0.15, 0.2) is 0 Å². The maximum Gasteiger partial charge on any atom is 0.227 e. The Labute approximate surface area is 143 Å². The molecule has 2 aliphatic heterocycles. The van der Waals surface area contributed by atoms with Crippen molar-refractivity contribution < 1.29 is 14.3 Å². The minimum absolute atomic E-state index is 0.0417. The maximum absolute atomic E-state index is 12.6. The van der Waals surface area contributed by atoms with Gasteiger partial charge >= 0.3 is 0 Å². The molecule has 0 saturated carbocycles. The average molecular weight is 330 g/mol. The number of hydrogen-bond acceptors (Lipinski definition) is 3. The highest BCUT2D eigenvalue weighted by Gasteiger charge is 2.37. The number of nitrogens with zero attached hydrogens (tertiary/aromatic N) is 2. The predicted octanol–water partition coefficient (Wildman–Crippen LogP) is 1.98. The van der Waals surface area contributed by atoms with Crippen LogP contribution >= 0.6 is 0 Å². The topological polar surface area (TPSA) is 49.9 Å². The molecular formula is C19H26N2O3. The summed E-state index contributed by atoms with van der Waals surface area (Å²) in [5.74, 6) is 0.307. The molecule has 130 valence electrons. The lowest BCUT2D eigenvalue weighted by Crippen LogP contribution is -2.58. The van der Waals surface area contributed by atoms with Crippen LogP contribution in [0, 0.1) is 12.8 Å². The number of benzene rings is 1. The maximum atomic E-state index is 12.6. The van der Waals surface area contributed by atoms with Gasteiger partial charge < -0.3 is 14.5 Å². The van der Waals surface area contributed by atoms with E-state index in [0.29, 0.717) is 45.6 Å². The van der Waals surface area contributed by atoms with Crippen LogP contribution in [0.3, 0.4) is 0 Å². The number of aryl methyl sites for hydroxylation is 1. The molecule has 0 radical (unpaired) electrons. The van der Waals surface area contributed by atoms with Crippen molar-refractivity contribution in [3.05, 3.63) is 35.4 Å². The van der Waals surface area contributed by atoms with Crippen molar-refractivity contribution in [2.75, 3.05) is 26.2 Å². The van der Waals surface area contributed by atoms with Crippen molar-refractivity contribution in [1.29, 1.82) is 0 Å². The van der Waals surface area contributed by atoms with Crippen LogP contribution in [-0.4, -0.2) is 53.9 Å². The molecule has 0 aliphatic carbocycles. The molecule has 2 heterocycles. The Kier molecular flexibility index (Phi) is 5.19. The molecule has 24 heavy (non-hydrogen) atoms. The molecule has 1 aromatic rings. The van der Waals surface area contributed by atoms with Crippen LogP contribution in [0.2, 0.25) is 0 Å². The third kappa shape index (κ3) is 3.61. The fourth-order valence-electron chi connectivity index (χ4n) is 3.38. The van der Waals surface area contributed by atoms with Crippen molar-refractivity contribution in [1.82, 2.24) is 9.80 Å².